The summed E-state index contributed by atoms with van der Waals surface area (Å²) in [5.74, 6) is 0.517. The van der Waals surface area contributed by atoms with Gasteiger partial charge in [0.2, 0.25) is 0 Å². The Morgan fingerprint density at radius 2 is 1.55 bits per heavy atom. The van der Waals surface area contributed by atoms with Crippen LogP contribution >= 0.6 is 0 Å². The zero-order valence-corrected chi connectivity index (χ0v) is 13.3. The van der Waals surface area contributed by atoms with Crippen molar-refractivity contribution in [2.75, 3.05) is 39.8 Å². The highest BCUT2D eigenvalue weighted by Gasteiger charge is 2.25. The zero-order chi connectivity index (χ0) is 14.5. The molecule has 0 saturated carbocycles. The molecule has 0 N–H and O–H groups in total. The van der Waals surface area contributed by atoms with Crippen molar-refractivity contribution >= 4 is 5.78 Å². The molecule has 0 aromatic heterocycles. The van der Waals surface area contributed by atoms with E-state index in [-0.39, 0.29) is 5.92 Å². The second kappa shape index (κ2) is 7.53. The van der Waals surface area contributed by atoms with Crippen molar-refractivity contribution in [2.24, 2.45) is 5.92 Å². The van der Waals surface area contributed by atoms with Crippen LogP contribution in [-0.4, -0.2) is 67.6 Å². The molecule has 0 spiro atoms. The average molecular weight is 282 g/mol. The second-order valence-corrected chi connectivity index (χ2v) is 6.74. The number of hydrogen-bond acceptors (Lipinski definition) is 4. The van der Waals surface area contributed by atoms with Crippen LogP contribution in [0.5, 0.6) is 0 Å². The highest BCUT2D eigenvalue weighted by Crippen LogP contribution is 2.20. The van der Waals surface area contributed by atoms with Crippen LogP contribution < -0.4 is 0 Å². The summed E-state index contributed by atoms with van der Waals surface area (Å²) >= 11 is 0. The van der Waals surface area contributed by atoms with Gasteiger partial charge in [-0.3, -0.25) is 9.69 Å². The van der Waals surface area contributed by atoms with Gasteiger partial charge in [0.15, 0.2) is 0 Å². The summed E-state index contributed by atoms with van der Waals surface area (Å²) in [6.07, 6.45) is 5.37. The minimum Gasteiger partial charge on any atom is -0.375 e. The van der Waals surface area contributed by atoms with Crippen LogP contribution in [0.4, 0.5) is 0 Å². The van der Waals surface area contributed by atoms with Gasteiger partial charge in [0.1, 0.15) is 5.78 Å². The van der Waals surface area contributed by atoms with E-state index >= 15 is 0 Å². The monoisotopic (exact) mass is 282 g/mol. The van der Waals surface area contributed by atoms with Crippen molar-refractivity contribution in [2.45, 2.75) is 51.7 Å². The van der Waals surface area contributed by atoms with Gasteiger partial charge in [-0.25, -0.2) is 0 Å². The Hall–Kier alpha value is -0.450. The Bertz CT molecular complexity index is 304. The van der Waals surface area contributed by atoms with Gasteiger partial charge in [-0.2, -0.15) is 0 Å². The summed E-state index contributed by atoms with van der Waals surface area (Å²) in [5.41, 5.74) is 0. The molecule has 0 unspecified atom stereocenters. The van der Waals surface area contributed by atoms with E-state index in [1.165, 1.54) is 12.8 Å². The number of carbonyl (C=O) groups excluding carboxylic acids is 1. The number of rotatable bonds is 5. The summed E-state index contributed by atoms with van der Waals surface area (Å²) in [7, 11) is 2.18. The molecule has 0 radical (unpaired) electrons. The molecule has 0 aromatic rings. The van der Waals surface area contributed by atoms with Crippen molar-refractivity contribution in [3.8, 4) is 0 Å². The molecule has 2 aliphatic rings. The Kier molecular flexibility index (Phi) is 6.00. The SMILES string of the molecule is CC(C)C(=O)CN1CCC(OC2CCN(C)CC2)CC1. The lowest BCUT2D eigenvalue weighted by Gasteiger charge is -2.36. The molecule has 2 saturated heterocycles. The number of ether oxygens (including phenoxy) is 1. The van der Waals surface area contributed by atoms with E-state index in [1.807, 2.05) is 13.8 Å². The minimum absolute atomic E-state index is 0.156. The number of Topliss-reactive ketones (excluding diaryl/α,β-unsaturated/α-hetero) is 1. The number of piperidine rings is 2. The fourth-order valence-corrected chi connectivity index (χ4v) is 3.00. The number of ketones is 1. The summed E-state index contributed by atoms with van der Waals surface area (Å²) in [6, 6.07) is 0. The summed E-state index contributed by atoms with van der Waals surface area (Å²) < 4.78 is 6.24. The predicted molar refractivity (Wildman–Crippen MR) is 80.9 cm³/mol. The third-order valence-electron chi connectivity index (χ3n) is 4.61. The van der Waals surface area contributed by atoms with E-state index in [9.17, 15) is 4.79 Å². The van der Waals surface area contributed by atoms with Crippen LogP contribution in [0, 0.1) is 5.92 Å². The summed E-state index contributed by atoms with van der Waals surface area (Å²) in [5, 5.41) is 0. The maximum Gasteiger partial charge on any atom is 0.149 e. The Morgan fingerprint density at radius 3 is 2.05 bits per heavy atom. The standard InChI is InChI=1S/C16H30N2O2/c1-13(2)16(19)12-18-10-6-15(7-11-18)20-14-4-8-17(3)9-5-14/h13-15H,4-12H2,1-3H3. The Labute approximate surface area is 123 Å². The zero-order valence-electron chi connectivity index (χ0n) is 13.3. The predicted octanol–water partition coefficient (Wildman–Crippen LogP) is 1.79. The smallest absolute Gasteiger partial charge is 0.149 e. The van der Waals surface area contributed by atoms with Gasteiger partial charge in [0.25, 0.3) is 0 Å². The first kappa shape index (κ1) is 15.9. The van der Waals surface area contributed by atoms with Gasteiger partial charge >= 0.3 is 0 Å². The maximum atomic E-state index is 11.8. The quantitative estimate of drug-likeness (QED) is 0.769. The van der Waals surface area contributed by atoms with Gasteiger partial charge in [-0.15, -0.1) is 0 Å². The van der Waals surface area contributed by atoms with Gasteiger partial charge in [-0.05, 0) is 32.7 Å². The van der Waals surface area contributed by atoms with Gasteiger partial charge in [0, 0.05) is 32.1 Å². The molecule has 0 bridgehead atoms. The first-order valence-corrected chi connectivity index (χ1v) is 8.13. The summed E-state index contributed by atoms with van der Waals surface area (Å²) in [4.78, 5) is 16.4. The molecule has 2 aliphatic heterocycles. The molecular formula is C16H30N2O2. The van der Waals surface area contributed by atoms with Crippen molar-refractivity contribution in [1.82, 2.24) is 9.80 Å². The normalized spacial score (nSPS) is 24.4. The highest BCUT2D eigenvalue weighted by molar-refractivity contribution is 5.82. The molecule has 0 amide bonds. The molecule has 116 valence electrons. The van der Waals surface area contributed by atoms with Crippen LogP contribution in [0.1, 0.15) is 39.5 Å². The molecule has 2 fully saturated rings. The topological polar surface area (TPSA) is 32.8 Å². The van der Waals surface area contributed by atoms with Crippen LogP contribution in [0.15, 0.2) is 0 Å². The van der Waals surface area contributed by atoms with E-state index in [0.29, 0.717) is 24.5 Å². The van der Waals surface area contributed by atoms with E-state index in [0.717, 1.165) is 39.0 Å². The van der Waals surface area contributed by atoms with Crippen LogP contribution in [-0.2, 0) is 9.53 Å². The van der Waals surface area contributed by atoms with Gasteiger partial charge in [-0.1, -0.05) is 13.8 Å². The fraction of sp³-hybridized carbons (Fsp3) is 0.938. The molecule has 0 aromatic carbocycles. The number of hydrogen-bond donors (Lipinski definition) is 0. The molecule has 2 heterocycles. The number of carbonyl (C=O) groups is 1. The third kappa shape index (κ3) is 4.83. The van der Waals surface area contributed by atoms with Crippen LogP contribution in [0.3, 0.4) is 0 Å². The third-order valence-corrected chi connectivity index (χ3v) is 4.61. The molecule has 4 heteroatoms. The second-order valence-electron chi connectivity index (χ2n) is 6.74. The number of nitrogens with zero attached hydrogens (tertiary/aromatic N) is 2. The van der Waals surface area contributed by atoms with Gasteiger partial charge in [0.05, 0.1) is 18.8 Å². The molecule has 0 aliphatic carbocycles. The van der Waals surface area contributed by atoms with Crippen LogP contribution in [0.25, 0.3) is 0 Å². The largest absolute Gasteiger partial charge is 0.375 e. The molecular weight excluding hydrogens is 252 g/mol. The lowest BCUT2D eigenvalue weighted by atomic mass is 10.0. The Morgan fingerprint density at radius 1 is 1.05 bits per heavy atom. The number of likely N-dealkylation sites (tertiary alicyclic amines) is 2. The van der Waals surface area contributed by atoms with Crippen molar-refractivity contribution < 1.29 is 9.53 Å². The minimum atomic E-state index is 0.156. The molecule has 2 rings (SSSR count). The van der Waals surface area contributed by atoms with E-state index < -0.39 is 0 Å². The molecule has 4 nitrogen and oxygen atoms in total. The lowest BCUT2D eigenvalue weighted by Crippen LogP contribution is -2.43. The summed E-state index contributed by atoms with van der Waals surface area (Å²) in [6.45, 7) is 8.93. The van der Waals surface area contributed by atoms with Crippen LogP contribution in [0.2, 0.25) is 0 Å². The van der Waals surface area contributed by atoms with Crippen molar-refractivity contribution in [3.63, 3.8) is 0 Å². The molecule has 0 atom stereocenters. The average Bonchev–Trinajstić information content (AvgIpc) is 2.43. The highest BCUT2D eigenvalue weighted by atomic mass is 16.5. The first-order valence-electron chi connectivity index (χ1n) is 8.13. The van der Waals surface area contributed by atoms with Crippen molar-refractivity contribution in [1.29, 1.82) is 0 Å². The lowest BCUT2D eigenvalue weighted by molar-refractivity contribution is -0.124. The van der Waals surface area contributed by atoms with E-state index in [4.69, 9.17) is 4.74 Å². The fourth-order valence-electron chi connectivity index (χ4n) is 3.00. The Balaban J connectivity index is 1.65. The molecule has 20 heavy (non-hydrogen) atoms. The van der Waals surface area contributed by atoms with Gasteiger partial charge < -0.3 is 9.64 Å². The van der Waals surface area contributed by atoms with Crippen molar-refractivity contribution in [3.05, 3.63) is 0 Å². The maximum absolute atomic E-state index is 11.8. The first-order chi connectivity index (χ1) is 9.54. The van der Waals surface area contributed by atoms with E-state index in [1.54, 1.807) is 0 Å². The van der Waals surface area contributed by atoms with E-state index in [2.05, 4.69) is 16.8 Å².